The van der Waals surface area contributed by atoms with E-state index in [9.17, 15) is 4.79 Å². The molecule has 19 heavy (non-hydrogen) atoms. The summed E-state index contributed by atoms with van der Waals surface area (Å²) in [7, 11) is 1.90. The second-order valence-corrected chi connectivity index (χ2v) is 5.30. The zero-order valence-corrected chi connectivity index (χ0v) is 11.9. The summed E-state index contributed by atoms with van der Waals surface area (Å²) in [6, 6.07) is 0. The molecule has 1 N–H and O–H groups in total. The van der Waals surface area contributed by atoms with Crippen molar-refractivity contribution in [3.05, 3.63) is 29.3 Å². The number of hydrogen-bond donors (Lipinski definition) is 1. The molecule has 0 saturated carbocycles. The van der Waals surface area contributed by atoms with E-state index >= 15 is 0 Å². The van der Waals surface area contributed by atoms with Crippen LogP contribution in [0.15, 0.2) is 17.6 Å². The van der Waals surface area contributed by atoms with Crippen LogP contribution in [0.25, 0.3) is 0 Å². The third kappa shape index (κ3) is 3.17. The van der Waals surface area contributed by atoms with Crippen LogP contribution in [0.1, 0.15) is 17.0 Å². The fourth-order valence-electron chi connectivity index (χ4n) is 1.76. The molecule has 0 unspecified atom stereocenters. The van der Waals surface area contributed by atoms with Crippen molar-refractivity contribution in [2.45, 2.75) is 25.5 Å². The highest BCUT2D eigenvalue weighted by molar-refractivity contribution is 7.99. The first-order valence-electron chi connectivity index (χ1n) is 5.83. The van der Waals surface area contributed by atoms with Gasteiger partial charge in [0.1, 0.15) is 0 Å². The lowest BCUT2D eigenvalue weighted by Crippen LogP contribution is -2.04. The molecule has 0 radical (unpaired) electrons. The Balaban J connectivity index is 2.20. The largest absolute Gasteiger partial charge is 0.481 e. The number of aromatic nitrogens is 4. The molecular weight excluding hydrogens is 264 g/mol. The molecule has 0 fully saturated rings. The van der Waals surface area contributed by atoms with Crippen LogP contribution in [-0.4, -0.2) is 36.2 Å². The topological polar surface area (TPSA) is 72.9 Å². The predicted octanol–water partition coefficient (Wildman–Crippen LogP) is 1.46. The Labute approximate surface area is 115 Å². The van der Waals surface area contributed by atoms with E-state index in [1.807, 2.05) is 42.5 Å². The Morgan fingerprint density at radius 1 is 1.47 bits per heavy atom. The van der Waals surface area contributed by atoms with Gasteiger partial charge in [0.25, 0.3) is 0 Å². The van der Waals surface area contributed by atoms with Crippen molar-refractivity contribution >= 4 is 17.7 Å². The van der Waals surface area contributed by atoms with Gasteiger partial charge in [0.05, 0.1) is 24.2 Å². The van der Waals surface area contributed by atoms with Crippen LogP contribution in [-0.2, 0) is 18.4 Å². The molecule has 0 spiro atoms. The molecule has 0 bridgehead atoms. The molecule has 2 heterocycles. The molecule has 0 aliphatic carbocycles. The molecule has 0 saturated heterocycles. The first kappa shape index (κ1) is 13.7. The lowest BCUT2D eigenvalue weighted by atomic mass is 10.2. The van der Waals surface area contributed by atoms with E-state index in [4.69, 9.17) is 5.11 Å². The van der Waals surface area contributed by atoms with Crippen molar-refractivity contribution in [1.29, 1.82) is 0 Å². The summed E-state index contributed by atoms with van der Waals surface area (Å²) in [4.78, 5) is 15.0. The number of aryl methyl sites for hydroxylation is 2. The molecule has 102 valence electrons. The molecule has 2 aromatic heterocycles. The molecular formula is C12H16N4O2S. The fourth-order valence-corrected chi connectivity index (χ4v) is 2.51. The highest BCUT2D eigenvalue weighted by Crippen LogP contribution is 2.19. The average Bonchev–Trinajstić information content (AvgIpc) is 2.84. The van der Waals surface area contributed by atoms with Crippen LogP contribution in [0.5, 0.6) is 0 Å². The number of nitrogens with zero attached hydrogens (tertiary/aromatic N) is 4. The predicted molar refractivity (Wildman–Crippen MR) is 72.4 cm³/mol. The number of rotatable bonds is 5. The van der Waals surface area contributed by atoms with Gasteiger partial charge in [0.2, 0.25) is 0 Å². The first-order chi connectivity index (χ1) is 8.97. The van der Waals surface area contributed by atoms with E-state index in [1.165, 1.54) is 11.8 Å². The van der Waals surface area contributed by atoms with Crippen molar-refractivity contribution in [2.75, 3.05) is 5.75 Å². The number of carboxylic acid groups (broad SMARTS) is 1. The Kier molecular flexibility index (Phi) is 3.94. The molecule has 0 aromatic carbocycles. The van der Waals surface area contributed by atoms with Gasteiger partial charge in [-0.3, -0.25) is 9.48 Å². The van der Waals surface area contributed by atoms with Gasteiger partial charge in [-0.15, -0.1) is 0 Å². The molecule has 7 heteroatoms. The SMILES string of the molecule is Cc1cn(Cc2cnn(C)c2C)c(SCC(=O)O)n1. The number of thioether (sulfide) groups is 1. The average molecular weight is 280 g/mol. The van der Waals surface area contributed by atoms with Gasteiger partial charge in [-0.2, -0.15) is 5.10 Å². The van der Waals surface area contributed by atoms with Crippen molar-refractivity contribution < 1.29 is 9.90 Å². The second-order valence-electron chi connectivity index (χ2n) is 4.35. The van der Waals surface area contributed by atoms with Crippen molar-refractivity contribution in [3.63, 3.8) is 0 Å². The van der Waals surface area contributed by atoms with Crippen molar-refractivity contribution in [2.24, 2.45) is 7.05 Å². The van der Waals surface area contributed by atoms with E-state index in [0.29, 0.717) is 6.54 Å². The molecule has 2 rings (SSSR count). The molecule has 2 aromatic rings. The van der Waals surface area contributed by atoms with E-state index in [2.05, 4.69) is 10.1 Å². The monoisotopic (exact) mass is 280 g/mol. The quantitative estimate of drug-likeness (QED) is 0.839. The number of carboxylic acids is 1. The second kappa shape index (κ2) is 5.48. The van der Waals surface area contributed by atoms with Crippen LogP contribution in [0.2, 0.25) is 0 Å². The minimum Gasteiger partial charge on any atom is -0.481 e. The Morgan fingerprint density at radius 3 is 2.79 bits per heavy atom. The van der Waals surface area contributed by atoms with Crippen LogP contribution in [0, 0.1) is 13.8 Å². The standard InChI is InChI=1S/C12H16N4O2S/c1-8-5-16(12(14-8)19-7-11(17)18)6-10-4-13-15(3)9(10)2/h4-5H,6-7H2,1-3H3,(H,17,18). The summed E-state index contributed by atoms with van der Waals surface area (Å²) < 4.78 is 3.79. The van der Waals surface area contributed by atoms with E-state index < -0.39 is 5.97 Å². The Hall–Kier alpha value is -1.76. The summed E-state index contributed by atoms with van der Waals surface area (Å²) in [5.41, 5.74) is 3.09. The lowest BCUT2D eigenvalue weighted by molar-refractivity contribution is -0.133. The summed E-state index contributed by atoms with van der Waals surface area (Å²) in [5.74, 6) is -0.822. The highest BCUT2D eigenvalue weighted by Gasteiger charge is 2.11. The third-order valence-corrected chi connectivity index (χ3v) is 3.84. The molecule has 0 aliphatic rings. The fraction of sp³-hybridized carbons (Fsp3) is 0.417. The summed E-state index contributed by atoms with van der Waals surface area (Å²) in [6.07, 6.45) is 3.76. The molecule has 6 nitrogen and oxygen atoms in total. The summed E-state index contributed by atoms with van der Waals surface area (Å²) in [6.45, 7) is 4.57. The van der Waals surface area contributed by atoms with Gasteiger partial charge in [-0.05, 0) is 13.8 Å². The number of imidazole rings is 1. The Bertz CT molecular complexity index is 603. The van der Waals surface area contributed by atoms with Gasteiger partial charge in [-0.25, -0.2) is 4.98 Å². The zero-order chi connectivity index (χ0) is 14.0. The van der Waals surface area contributed by atoms with Crippen LogP contribution in [0.3, 0.4) is 0 Å². The number of hydrogen-bond acceptors (Lipinski definition) is 4. The van der Waals surface area contributed by atoms with Gasteiger partial charge in [0.15, 0.2) is 5.16 Å². The van der Waals surface area contributed by atoms with Gasteiger partial charge < -0.3 is 9.67 Å². The zero-order valence-electron chi connectivity index (χ0n) is 11.1. The smallest absolute Gasteiger partial charge is 0.313 e. The van der Waals surface area contributed by atoms with Crippen molar-refractivity contribution in [3.8, 4) is 0 Å². The van der Waals surface area contributed by atoms with Crippen LogP contribution in [0.4, 0.5) is 0 Å². The van der Waals surface area contributed by atoms with E-state index in [1.54, 1.807) is 0 Å². The maximum absolute atomic E-state index is 10.6. The normalized spacial score (nSPS) is 10.9. The van der Waals surface area contributed by atoms with Crippen LogP contribution >= 0.6 is 11.8 Å². The highest BCUT2D eigenvalue weighted by atomic mass is 32.2. The molecule has 0 aliphatic heterocycles. The minimum atomic E-state index is -0.838. The molecule has 0 amide bonds. The van der Waals surface area contributed by atoms with Gasteiger partial charge >= 0.3 is 5.97 Å². The van der Waals surface area contributed by atoms with Crippen LogP contribution < -0.4 is 0 Å². The first-order valence-corrected chi connectivity index (χ1v) is 6.81. The Morgan fingerprint density at radius 2 is 2.21 bits per heavy atom. The summed E-state index contributed by atoms with van der Waals surface area (Å²) in [5, 5.41) is 13.7. The number of carbonyl (C=O) groups is 1. The maximum atomic E-state index is 10.6. The van der Waals surface area contributed by atoms with E-state index in [-0.39, 0.29) is 5.75 Å². The minimum absolute atomic E-state index is 0.0163. The third-order valence-electron chi connectivity index (χ3n) is 2.86. The van der Waals surface area contributed by atoms with Gasteiger partial charge in [-0.1, -0.05) is 11.8 Å². The molecule has 0 atom stereocenters. The van der Waals surface area contributed by atoms with E-state index in [0.717, 1.165) is 22.1 Å². The lowest BCUT2D eigenvalue weighted by Gasteiger charge is -2.06. The number of aliphatic carboxylic acids is 1. The summed E-state index contributed by atoms with van der Waals surface area (Å²) >= 11 is 1.23. The van der Waals surface area contributed by atoms with Crippen molar-refractivity contribution in [1.82, 2.24) is 19.3 Å². The maximum Gasteiger partial charge on any atom is 0.313 e. The van der Waals surface area contributed by atoms with Gasteiger partial charge in [0, 0.05) is 24.5 Å².